The van der Waals surface area contributed by atoms with Crippen LogP contribution in [0.3, 0.4) is 0 Å². The number of carboxylic acids is 1. The van der Waals surface area contributed by atoms with Gasteiger partial charge in [0.05, 0.1) is 23.2 Å². The standard InChI is InChI=1S/C9H10ClNO3/c10-6-3-1-2-5(7(11)4-12)8(6)9(13)14/h1-3,7,12H,4,11H2,(H,13,14). The Morgan fingerprint density at radius 3 is 2.71 bits per heavy atom. The molecule has 0 aliphatic heterocycles. The highest BCUT2D eigenvalue weighted by molar-refractivity contribution is 6.33. The molecule has 76 valence electrons. The van der Waals surface area contributed by atoms with Crippen molar-refractivity contribution in [3.05, 3.63) is 34.3 Å². The first-order chi connectivity index (χ1) is 6.57. The lowest BCUT2D eigenvalue weighted by Crippen LogP contribution is -2.18. The van der Waals surface area contributed by atoms with E-state index in [9.17, 15) is 4.79 Å². The van der Waals surface area contributed by atoms with Crippen LogP contribution in [0.1, 0.15) is 22.0 Å². The van der Waals surface area contributed by atoms with E-state index < -0.39 is 12.0 Å². The van der Waals surface area contributed by atoms with Crippen LogP contribution in [0.15, 0.2) is 18.2 Å². The fourth-order valence-electron chi connectivity index (χ4n) is 1.17. The van der Waals surface area contributed by atoms with Gasteiger partial charge in [-0.3, -0.25) is 0 Å². The first kappa shape index (κ1) is 11.0. The number of aliphatic hydroxyl groups excluding tert-OH is 1. The van der Waals surface area contributed by atoms with Gasteiger partial charge >= 0.3 is 5.97 Å². The molecule has 4 nitrogen and oxygen atoms in total. The minimum Gasteiger partial charge on any atom is -0.478 e. The maximum absolute atomic E-state index is 10.8. The van der Waals surface area contributed by atoms with Crippen LogP contribution in [0.4, 0.5) is 0 Å². The molecule has 1 unspecified atom stereocenters. The Morgan fingerprint density at radius 2 is 2.21 bits per heavy atom. The van der Waals surface area contributed by atoms with Crippen molar-refractivity contribution in [2.75, 3.05) is 6.61 Å². The molecule has 0 heterocycles. The number of halogens is 1. The molecule has 0 aliphatic carbocycles. The normalized spacial score (nSPS) is 12.5. The summed E-state index contributed by atoms with van der Waals surface area (Å²) in [4.78, 5) is 10.8. The summed E-state index contributed by atoms with van der Waals surface area (Å²) >= 11 is 5.71. The van der Waals surface area contributed by atoms with Gasteiger partial charge in [-0.2, -0.15) is 0 Å². The summed E-state index contributed by atoms with van der Waals surface area (Å²) in [5, 5.41) is 17.8. The maximum atomic E-state index is 10.8. The summed E-state index contributed by atoms with van der Waals surface area (Å²) in [5.74, 6) is -1.14. The van der Waals surface area contributed by atoms with E-state index >= 15 is 0 Å². The number of rotatable bonds is 3. The molecule has 1 atom stereocenters. The zero-order valence-corrected chi connectivity index (χ0v) is 8.03. The Balaban J connectivity index is 3.28. The first-order valence-corrected chi connectivity index (χ1v) is 4.34. The number of carboxylic acid groups (broad SMARTS) is 1. The van der Waals surface area contributed by atoms with Crippen LogP contribution in [0, 0.1) is 0 Å². The quantitative estimate of drug-likeness (QED) is 0.703. The van der Waals surface area contributed by atoms with Crippen molar-refractivity contribution in [1.29, 1.82) is 0 Å². The van der Waals surface area contributed by atoms with Crippen LogP contribution in [-0.2, 0) is 0 Å². The predicted octanol–water partition coefficient (Wildman–Crippen LogP) is 1.03. The Hall–Kier alpha value is -1.10. The van der Waals surface area contributed by atoms with Crippen molar-refractivity contribution in [2.45, 2.75) is 6.04 Å². The highest BCUT2D eigenvalue weighted by Crippen LogP contribution is 2.23. The summed E-state index contributed by atoms with van der Waals surface area (Å²) in [5.41, 5.74) is 5.82. The second-order valence-electron chi connectivity index (χ2n) is 2.80. The van der Waals surface area contributed by atoms with E-state index in [1.807, 2.05) is 0 Å². The van der Waals surface area contributed by atoms with Crippen LogP contribution in [0.2, 0.25) is 5.02 Å². The van der Waals surface area contributed by atoms with Crippen molar-refractivity contribution in [1.82, 2.24) is 0 Å². The lowest BCUT2D eigenvalue weighted by Gasteiger charge is -2.12. The third kappa shape index (κ3) is 2.04. The van der Waals surface area contributed by atoms with E-state index in [4.69, 9.17) is 27.5 Å². The predicted molar refractivity (Wildman–Crippen MR) is 52.4 cm³/mol. The van der Waals surface area contributed by atoms with Crippen LogP contribution < -0.4 is 5.73 Å². The van der Waals surface area contributed by atoms with E-state index in [0.717, 1.165) is 0 Å². The molecule has 0 spiro atoms. The number of benzene rings is 1. The van der Waals surface area contributed by atoms with Gasteiger partial charge in [0.1, 0.15) is 0 Å². The lowest BCUT2D eigenvalue weighted by atomic mass is 10.0. The Bertz CT molecular complexity index is 354. The van der Waals surface area contributed by atoms with E-state index in [0.29, 0.717) is 5.56 Å². The smallest absolute Gasteiger partial charge is 0.337 e. The van der Waals surface area contributed by atoms with Gasteiger partial charge in [-0.25, -0.2) is 4.79 Å². The van der Waals surface area contributed by atoms with Gasteiger partial charge in [0.2, 0.25) is 0 Å². The fourth-order valence-corrected chi connectivity index (χ4v) is 1.44. The van der Waals surface area contributed by atoms with Crippen molar-refractivity contribution in [2.24, 2.45) is 5.73 Å². The molecule has 1 aromatic rings. The lowest BCUT2D eigenvalue weighted by molar-refractivity contribution is 0.0695. The molecule has 4 N–H and O–H groups in total. The highest BCUT2D eigenvalue weighted by Gasteiger charge is 2.18. The van der Waals surface area contributed by atoms with E-state index in [-0.39, 0.29) is 17.2 Å². The molecule has 1 aromatic carbocycles. The van der Waals surface area contributed by atoms with Crippen molar-refractivity contribution >= 4 is 17.6 Å². The van der Waals surface area contributed by atoms with E-state index in [1.165, 1.54) is 12.1 Å². The zero-order chi connectivity index (χ0) is 10.7. The average molecular weight is 216 g/mol. The molecule has 0 saturated heterocycles. The van der Waals surface area contributed by atoms with Crippen LogP contribution in [-0.4, -0.2) is 22.8 Å². The highest BCUT2D eigenvalue weighted by atomic mass is 35.5. The molecule has 5 heteroatoms. The molecule has 0 amide bonds. The number of carbonyl (C=O) groups is 1. The van der Waals surface area contributed by atoms with E-state index in [2.05, 4.69) is 0 Å². The molecule has 14 heavy (non-hydrogen) atoms. The van der Waals surface area contributed by atoms with Crippen LogP contribution in [0.25, 0.3) is 0 Å². The van der Waals surface area contributed by atoms with Crippen molar-refractivity contribution < 1.29 is 15.0 Å². The Labute approximate surface area is 85.9 Å². The van der Waals surface area contributed by atoms with Crippen LogP contribution >= 0.6 is 11.6 Å². The minimum absolute atomic E-state index is 0.0456. The number of hydrogen-bond donors (Lipinski definition) is 3. The largest absolute Gasteiger partial charge is 0.478 e. The number of aliphatic hydroxyl groups is 1. The van der Waals surface area contributed by atoms with Gasteiger partial charge in [-0.1, -0.05) is 23.7 Å². The average Bonchev–Trinajstić information content (AvgIpc) is 2.15. The molecule has 0 saturated carbocycles. The second-order valence-corrected chi connectivity index (χ2v) is 3.21. The topological polar surface area (TPSA) is 83.5 Å². The van der Waals surface area contributed by atoms with Gasteiger partial charge < -0.3 is 15.9 Å². The third-order valence-electron chi connectivity index (χ3n) is 1.86. The van der Waals surface area contributed by atoms with E-state index in [1.54, 1.807) is 6.07 Å². The second kappa shape index (κ2) is 4.41. The molecule has 0 bridgehead atoms. The number of nitrogens with two attached hydrogens (primary N) is 1. The molecule has 0 radical (unpaired) electrons. The summed E-state index contributed by atoms with van der Waals surface area (Å²) in [7, 11) is 0. The molecule has 0 aromatic heterocycles. The fraction of sp³-hybridized carbons (Fsp3) is 0.222. The summed E-state index contributed by atoms with van der Waals surface area (Å²) in [6.07, 6.45) is 0. The first-order valence-electron chi connectivity index (χ1n) is 3.96. The van der Waals surface area contributed by atoms with Crippen molar-refractivity contribution in [3.63, 3.8) is 0 Å². The minimum atomic E-state index is -1.14. The Morgan fingerprint density at radius 1 is 1.57 bits per heavy atom. The summed E-state index contributed by atoms with van der Waals surface area (Å²) < 4.78 is 0. The zero-order valence-electron chi connectivity index (χ0n) is 7.27. The molecule has 0 aliphatic rings. The number of hydrogen-bond acceptors (Lipinski definition) is 3. The molecule has 0 fully saturated rings. The summed E-state index contributed by atoms with van der Waals surface area (Å²) in [6.45, 7) is -0.319. The third-order valence-corrected chi connectivity index (χ3v) is 2.17. The number of aromatic carboxylic acids is 1. The van der Waals surface area contributed by atoms with Gasteiger partial charge in [0.15, 0.2) is 0 Å². The molecule has 1 rings (SSSR count). The van der Waals surface area contributed by atoms with Gasteiger partial charge in [-0.05, 0) is 11.6 Å². The van der Waals surface area contributed by atoms with Gasteiger partial charge in [0.25, 0.3) is 0 Å². The monoisotopic (exact) mass is 215 g/mol. The van der Waals surface area contributed by atoms with Crippen LogP contribution in [0.5, 0.6) is 0 Å². The molecular formula is C9H10ClNO3. The van der Waals surface area contributed by atoms with Gasteiger partial charge in [-0.15, -0.1) is 0 Å². The maximum Gasteiger partial charge on any atom is 0.337 e. The van der Waals surface area contributed by atoms with Gasteiger partial charge in [0, 0.05) is 0 Å². The summed E-state index contributed by atoms with van der Waals surface area (Å²) in [6, 6.07) is 3.88. The SMILES string of the molecule is NC(CO)c1cccc(Cl)c1C(=O)O. The van der Waals surface area contributed by atoms with Crippen molar-refractivity contribution in [3.8, 4) is 0 Å². The molecular weight excluding hydrogens is 206 g/mol. The Kier molecular flexibility index (Phi) is 3.46.